The summed E-state index contributed by atoms with van der Waals surface area (Å²) in [5, 5.41) is 6.25. The summed E-state index contributed by atoms with van der Waals surface area (Å²) in [5.41, 5.74) is 0. The van der Waals surface area contributed by atoms with Crippen molar-refractivity contribution in [2.75, 3.05) is 29.2 Å². The molecule has 2 fully saturated rings. The Kier molecular flexibility index (Phi) is 3.08. The molecule has 2 aliphatic rings. The number of rotatable bonds is 4. The van der Waals surface area contributed by atoms with Crippen LogP contribution >= 0.6 is 0 Å². The molecule has 1 saturated carbocycles. The van der Waals surface area contributed by atoms with Gasteiger partial charge in [-0.05, 0) is 19.3 Å². The van der Waals surface area contributed by atoms with Gasteiger partial charge in [0, 0.05) is 25.1 Å². The fourth-order valence-electron chi connectivity index (χ4n) is 2.31. The van der Waals surface area contributed by atoms with Crippen molar-refractivity contribution in [2.24, 2.45) is 0 Å². The summed E-state index contributed by atoms with van der Waals surface area (Å²) in [6.45, 7) is 0. The average Bonchev–Trinajstić information content (AvgIpc) is 3.15. The first-order chi connectivity index (χ1) is 9.05. The van der Waals surface area contributed by atoms with Gasteiger partial charge in [0.2, 0.25) is 0 Å². The van der Waals surface area contributed by atoms with E-state index in [2.05, 4.69) is 20.6 Å². The lowest BCUT2D eigenvalue weighted by atomic mass is 10.2. The second-order valence-electron chi connectivity index (χ2n) is 5.27. The number of hydrogen-bond donors (Lipinski definition) is 2. The van der Waals surface area contributed by atoms with E-state index in [1.165, 1.54) is 0 Å². The smallest absolute Gasteiger partial charge is 0.152 e. The van der Waals surface area contributed by atoms with E-state index in [0.29, 0.717) is 12.3 Å². The molecule has 3 rings (SSSR count). The minimum atomic E-state index is -2.87. The largest absolute Gasteiger partial charge is 0.373 e. The molecule has 1 aliphatic carbocycles. The Balaban J connectivity index is 1.78. The number of aromatic nitrogens is 2. The number of anilines is 2. The Morgan fingerprint density at radius 3 is 2.53 bits per heavy atom. The normalized spacial score (nSPS) is 25.2. The molecule has 1 unspecified atom stereocenters. The van der Waals surface area contributed by atoms with Crippen molar-refractivity contribution in [1.82, 2.24) is 9.97 Å². The fourth-order valence-corrected chi connectivity index (χ4v) is 3.98. The molecule has 0 spiro atoms. The molecule has 0 bridgehead atoms. The molecule has 0 amide bonds. The van der Waals surface area contributed by atoms with Crippen LogP contribution in [0.4, 0.5) is 11.6 Å². The van der Waals surface area contributed by atoms with Crippen LogP contribution < -0.4 is 10.6 Å². The Hall–Kier alpha value is -1.37. The third kappa shape index (κ3) is 2.97. The number of sulfone groups is 1. The van der Waals surface area contributed by atoms with Crippen LogP contribution in [0.1, 0.15) is 31.0 Å². The summed E-state index contributed by atoms with van der Waals surface area (Å²) in [4.78, 5) is 8.93. The van der Waals surface area contributed by atoms with E-state index in [-0.39, 0.29) is 17.5 Å². The lowest BCUT2D eigenvalue weighted by molar-refractivity contribution is 0.602. The standard InChI is InChI=1S/C12H18N4O2S/c1-13-10-6-11(16-12(15-10)8-2-3-8)14-9-4-5-19(17,18)7-9/h6,8-9H,2-5,7H2,1H3,(H2,13,14,15,16). The van der Waals surface area contributed by atoms with Crippen LogP contribution in [0.5, 0.6) is 0 Å². The predicted octanol–water partition coefficient (Wildman–Crippen LogP) is 0.995. The summed E-state index contributed by atoms with van der Waals surface area (Å²) in [6, 6.07) is 1.80. The predicted molar refractivity (Wildman–Crippen MR) is 74.2 cm³/mol. The van der Waals surface area contributed by atoms with Crippen molar-refractivity contribution >= 4 is 21.5 Å². The van der Waals surface area contributed by atoms with E-state index in [1.807, 2.05) is 13.1 Å². The molecule has 104 valence electrons. The maximum atomic E-state index is 11.5. The van der Waals surface area contributed by atoms with Crippen LogP contribution in [0.3, 0.4) is 0 Å². The molecule has 1 saturated heterocycles. The first kappa shape index (κ1) is 12.7. The Bertz CT molecular complexity index is 583. The van der Waals surface area contributed by atoms with Crippen LogP contribution in [0, 0.1) is 0 Å². The van der Waals surface area contributed by atoms with Crippen molar-refractivity contribution in [3.05, 3.63) is 11.9 Å². The zero-order chi connectivity index (χ0) is 13.5. The highest BCUT2D eigenvalue weighted by atomic mass is 32.2. The van der Waals surface area contributed by atoms with Crippen LogP contribution in [-0.4, -0.2) is 43.0 Å². The monoisotopic (exact) mass is 282 g/mol. The fraction of sp³-hybridized carbons (Fsp3) is 0.667. The lowest BCUT2D eigenvalue weighted by Crippen LogP contribution is -2.21. The van der Waals surface area contributed by atoms with Crippen molar-refractivity contribution in [2.45, 2.75) is 31.2 Å². The zero-order valence-electron chi connectivity index (χ0n) is 10.9. The summed E-state index contributed by atoms with van der Waals surface area (Å²) in [5.74, 6) is 3.30. The maximum absolute atomic E-state index is 11.5. The summed E-state index contributed by atoms with van der Waals surface area (Å²) in [7, 11) is -1.04. The Morgan fingerprint density at radius 2 is 1.95 bits per heavy atom. The SMILES string of the molecule is CNc1cc(NC2CCS(=O)(=O)C2)nc(C2CC2)n1. The third-order valence-electron chi connectivity index (χ3n) is 3.53. The highest BCUT2D eigenvalue weighted by Gasteiger charge is 2.30. The molecular weight excluding hydrogens is 264 g/mol. The van der Waals surface area contributed by atoms with Crippen LogP contribution in [0.2, 0.25) is 0 Å². The van der Waals surface area contributed by atoms with Gasteiger partial charge in [-0.1, -0.05) is 0 Å². The molecule has 0 radical (unpaired) electrons. The molecule has 19 heavy (non-hydrogen) atoms. The highest BCUT2D eigenvalue weighted by Crippen LogP contribution is 2.38. The van der Waals surface area contributed by atoms with Gasteiger partial charge < -0.3 is 10.6 Å². The molecule has 0 aromatic carbocycles. The quantitative estimate of drug-likeness (QED) is 0.857. The van der Waals surface area contributed by atoms with E-state index in [4.69, 9.17) is 0 Å². The minimum Gasteiger partial charge on any atom is -0.373 e. The summed E-state index contributed by atoms with van der Waals surface area (Å²) >= 11 is 0. The van der Waals surface area contributed by atoms with Gasteiger partial charge in [-0.25, -0.2) is 18.4 Å². The topological polar surface area (TPSA) is 84.0 Å². The van der Waals surface area contributed by atoms with E-state index >= 15 is 0 Å². The van der Waals surface area contributed by atoms with Crippen LogP contribution in [-0.2, 0) is 9.84 Å². The molecule has 1 atom stereocenters. The van der Waals surface area contributed by atoms with Crippen LogP contribution in [0.15, 0.2) is 6.07 Å². The first-order valence-electron chi connectivity index (χ1n) is 6.59. The van der Waals surface area contributed by atoms with Crippen molar-refractivity contribution < 1.29 is 8.42 Å². The molecular formula is C12H18N4O2S. The highest BCUT2D eigenvalue weighted by molar-refractivity contribution is 7.91. The van der Waals surface area contributed by atoms with Crippen LogP contribution in [0.25, 0.3) is 0 Å². The third-order valence-corrected chi connectivity index (χ3v) is 5.29. The van der Waals surface area contributed by atoms with Gasteiger partial charge >= 0.3 is 0 Å². The molecule has 7 heteroatoms. The van der Waals surface area contributed by atoms with Gasteiger partial charge in [0.1, 0.15) is 17.5 Å². The Labute approximate surface area is 113 Å². The first-order valence-corrected chi connectivity index (χ1v) is 8.41. The average molecular weight is 282 g/mol. The molecule has 2 N–H and O–H groups in total. The van der Waals surface area contributed by atoms with E-state index < -0.39 is 9.84 Å². The van der Waals surface area contributed by atoms with Gasteiger partial charge in [0.25, 0.3) is 0 Å². The van der Waals surface area contributed by atoms with E-state index in [1.54, 1.807) is 0 Å². The lowest BCUT2D eigenvalue weighted by Gasteiger charge is -2.13. The van der Waals surface area contributed by atoms with Crippen molar-refractivity contribution in [3.8, 4) is 0 Å². The molecule has 2 heterocycles. The Morgan fingerprint density at radius 1 is 1.21 bits per heavy atom. The van der Waals surface area contributed by atoms with Gasteiger partial charge in [-0.15, -0.1) is 0 Å². The zero-order valence-corrected chi connectivity index (χ0v) is 11.7. The molecule has 1 aliphatic heterocycles. The van der Waals surface area contributed by atoms with Crippen molar-refractivity contribution in [3.63, 3.8) is 0 Å². The molecule has 1 aromatic heterocycles. The summed E-state index contributed by atoms with van der Waals surface area (Å²) in [6.07, 6.45) is 2.94. The van der Waals surface area contributed by atoms with Gasteiger partial charge in [-0.3, -0.25) is 0 Å². The van der Waals surface area contributed by atoms with E-state index in [9.17, 15) is 8.42 Å². The van der Waals surface area contributed by atoms with Crippen molar-refractivity contribution in [1.29, 1.82) is 0 Å². The summed E-state index contributed by atoms with van der Waals surface area (Å²) < 4.78 is 22.9. The van der Waals surface area contributed by atoms with Gasteiger partial charge in [-0.2, -0.15) is 0 Å². The number of nitrogens with zero attached hydrogens (tertiary/aromatic N) is 2. The minimum absolute atomic E-state index is 0.0309. The number of hydrogen-bond acceptors (Lipinski definition) is 6. The van der Waals surface area contributed by atoms with Gasteiger partial charge in [0.15, 0.2) is 9.84 Å². The second kappa shape index (κ2) is 4.63. The second-order valence-corrected chi connectivity index (χ2v) is 7.49. The molecule has 1 aromatic rings. The molecule has 6 nitrogen and oxygen atoms in total. The van der Waals surface area contributed by atoms with E-state index in [0.717, 1.165) is 30.3 Å². The maximum Gasteiger partial charge on any atom is 0.152 e. The number of nitrogens with one attached hydrogen (secondary N) is 2. The van der Waals surface area contributed by atoms with Gasteiger partial charge in [0.05, 0.1) is 11.5 Å².